The first-order valence-electron chi connectivity index (χ1n) is 6.58. The molecule has 0 amide bonds. The van der Waals surface area contributed by atoms with Gasteiger partial charge in [-0.1, -0.05) is 6.07 Å². The summed E-state index contributed by atoms with van der Waals surface area (Å²) >= 11 is 0. The van der Waals surface area contributed by atoms with E-state index in [0.29, 0.717) is 5.75 Å². The van der Waals surface area contributed by atoms with Gasteiger partial charge in [0.25, 0.3) is 0 Å². The lowest BCUT2D eigenvalue weighted by atomic mass is 9.98. The van der Waals surface area contributed by atoms with Gasteiger partial charge in [0.15, 0.2) is 0 Å². The smallest absolute Gasteiger partial charge is 0.120 e. The van der Waals surface area contributed by atoms with Gasteiger partial charge in [0, 0.05) is 33.6 Å². The van der Waals surface area contributed by atoms with Crippen molar-refractivity contribution in [3.8, 4) is 5.75 Å². The van der Waals surface area contributed by atoms with E-state index in [9.17, 15) is 5.11 Å². The van der Waals surface area contributed by atoms with Gasteiger partial charge in [-0.05, 0) is 59.5 Å². The molecule has 0 bridgehead atoms. The molecule has 0 unspecified atom stereocenters. The highest BCUT2D eigenvalue weighted by molar-refractivity contribution is 5.75. The van der Waals surface area contributed by atoms with Crippen LogP contribution in [-0.4, -0.2) is 70.5 Å². The fraction of sp³-hybridized carbons (Fsp3) is 0.600. The zero-order valence-electron chi connectivity index (χ0n) is 13.6. The van der Waals surface area contributed by atoms with Crippen LogP contribution in [0.5, 0.6) is 5.75 Å². The zero-order chi connectivity index (χ0) is 14.6. The predicted molar refractivity (Wildman–Crippen MR) is 86.0 cm³/mol. The maximum absolute atomic E-state index is 10.2. The van der Waals surface area contributed by atoms with E-state index >= 15 is 0 Å². The Labute approximate surface area is 125 Å². The van der Waals surface area contributed by atoms with Crippen molar-refractivity contribution in [2.45, 2.75) is 19.6 Å². The van der Waals surface area contributed by atoms with Gasteiger partial charge >= 0.3 is 0 Å². The molecule has 1 aromatic rings. The van der Waals surface area contributed by atoms with Gasteiger partial charge in [-0.2, -0.15) is 0 Å². The van der Waals surface area contributed by atoms with Gasteiger partial charge in [-0.25, -0.2) is 0 Å². The van der Waals surface area contributed by atoms with Crippen LogP contribution in [0.15, 0.2) is 12.1 Å². The van der Waals surface area contributed by atoms with E-state index in [2.05, 4.69) is 42.9 Å². The lowest BCUT2D eigenvalue weighted by Crippen LogP contribution is -2.20. The molecule has 4 nitrogen and oxygen atoms in total. The van der Waals surface area contributed by atoms with Crippen molar-refractivity contribution in [1.82, 2.24) is 14.7 Å². The SMILES string of the molecule is CN(C)Cc1ccc(O)c(CN(C)C)c1CN(C)C.[B]. The first-order chi connectivity index (χ1) is 8.81. The molecule has 0 aliphatic heterocycles. The minimum Gasteiger partial charge on any atom is -0.508 e. The summed E-state index contributed by atoms with van der Waals surface area (Å²) in [5, 5.41) is 10.2. The van der Waals surface area contributed by atoms with Crippen molar-refractivity contribution < 1.29 is 5.11 Å². The summed E-state index contributed by atoms with van der Waals surface area (Å²) in [5.74, 6) is 0.396. The van der Waals surface area contributed by atoms with Gasteiger partial charge < -0.3 is 19.8 Å². The van der Waals surface area contributed by atoms with Gasteiger partial charge in [0.05, 0.1) is 0 Å². The Morgan fingerprint density at radius 1 is 0.750 bits per heavy atom. The van der Waals surface area contributed by atoms with Crippen LogP contribution in [0.3, 0.4) is 0 Å². The highest BCUT2D eigenvalue weighted by atomic mass is 16.3. The Morgan fingerprint density at radius 2 is 1.20 bits per heavy atom. The molecular formula is C15H27BN3O. The van der Waals surface area contributed by atoms with Crippen LogP contribution in [0.2, 0.25) is 0 Å². The van der Waals surface area contributed by atoms with E-state index in [-0.39, 0.29) is 8.41 Å². The Hall–Kier alpha value is -1.04. The van der Waals surface area contributed by atoms with Crippen molar-refractivity contribution >= 4 is 8.41 Å². The number of benzene rings is 1. The molecule has 0 heterocycles. The Kier molecular flexibility index (Phi) is 7.87. The molecule has 0 saturated carbocycles. The maximum Gasteiger partial charge on any atom is 0.120 e. The lowest BCUT2D eigenvalue weighted by molar-refractivity contribution is 0.359. The number of rotatable bonds is 6. The van der Waals surface area contributed by atoms with E-state index < -0.39 is 0 Å². The summed E-state index contributed by atoms with van der Waals surface area (Å²) in [6.45, 7) is 2.50. The summed E-state index contributed by atoms with van der Waals surface area (Å²) in [7, 11) is 12.3. The van der Waals surface area contributed by atoms with Gasteiger partial charge in [0.2, 0.25) is 0 Å². The number of hydrogen-bond donors (Lipinski definition) is 1. The van der Waals surface area contributed by atoms with Crippen LogP contribution >= 0.6 is 0 Å². The molecule has 0 fully saturated rings. The molecule has 0 saturated heterocycles. The average Bonchev–Trinajstić information content (AvgIpc) is 2.25. The average molecular weight is 276 g/mol. The third-order valence-electron chi connectivity index (χ3n) is 2.94. The molecule has 0 aliphatic carbocycles. The van der Waals surface area contributed by atoms with Crippen molar-refractivity contribution in [3.63, 3.8) is 0 Å². The molecule has 5 heteroatoms. The number of phenolic OH excluding ortho intramolecular Hbond substituents is 1. The molecule has 1 aromatic carbocycles. The molecule has 0 spiro atoms. The van der Waals surface area contributed by atoms with E-state index in [4.69, 9.17) is 0 Å². The molecule has 0 aromatic heterocycles. The second-order valence-corrected chi connectivity index (χ2v) is 5.91. The quantitative estimate of drug-likeness (QED) is 0.791. The first-order valence-corrected chi connectivity index (χ1v) is 6.58. The Morgan fingerprint density at radius 3 is 1.65 bits per heavy atom. The van der Waals surface area contributed by atoms with Crippen LogP contribution in [0.4, 0.5) is 0 Å². The normalized spacial score (nSPS) is 11.2. The fourth-order valence-electron chi connectivity index (χ4n) is 2.22. The molecule has 3 radical (unpaired) electrons. The topological polar surface area (TPSA) is 30.0 Å². The van der Waals surface area contributed by atoms with Gasteiger partial charge in [-0.15, -0.1) is 0 Å². The van der Waals surface area contributed by atoms with Gasteiger partial charge in [-0.3, -0.25) is 0 Å². The largest absolute Gasteiger partial charge is 0.508 e. The number of aromatic hydroxyl groups is 1. The van der Waals surface area contributed by atoms with Crippen LogP contribution in [0, 0.1) is 0 Å². The molecule has 0 aliphatic rings. The molecule has 1 rings (SSSR count). The van der Waals surface area contributed by atoms with Crippen molar-refractivity contribution in [3.05, 3.63) is 28.8 Å². The summed E-state index contributed by atoms with van der Waals surface area (Å²) < 4.78 is 0. The Balaban J connectivity index is 0.00000361. The highest BCUT2D eigenvalue weighted by Gasteiger charge is 2.15. The van der Waals surface area contributed by atoms with E-state index in [1.165, 1.54) is 11.1 Å². The second kappa shape index (κ2) is 8.30. The second-order valence-electron chi connectivity index (χ2n) is 5.91. The summed E-state index contributed by atoms with van der Waals surface area (Å²) in [5.41, 5.74) is 3.57. The first kappa shape index (κ1) is 19.0. The number of phenols is 1. The minimum absolute atomic E-state index is 0. The molecule has 20 heavy (non-hydrogen) atoms. The summed E-state index contributed by atoms with van der Waals surface area (Å²) in [6, 6.07) is 3.85. The third-order valence-corrected chi connectivity index (χ3v) is 2.94. The molecule has 0 atom stereocenters. The third kappa shape index (κ3) is 5.53. The van der Waals surface area contributed by atoms with E-state index in [0.717, 1.165) is 25.2 Å². The van der Waals surface area contributed by atoms with Crippen LogP contribution in [0.25, 0.3) is 0 Å². The van der Waals surface area contributed by atoms with E-state index in [1.54, 1.807) is 0 Å². The lowest BCUT2D eigenvalue weighted by Gasteiger charge is -2.23. The summed E-state index contributed by atoms with van der Waals surface area (Å²) in [6.07, 6.45) is 0. The minimum atomic E-state index is 0. The number of nitrogens with zero attached hydrogens (tertiary/aromatic N) is 3. The maximum atomic E-state index is 10.2. The zero-order valence-corrected chi connectivity index (χ0v) is 13.6. The van der Waals surface area contributed by atoms with Gasteiger partial charge in [0.1, 0.15) is 5.75 Å². The van der Waals surface area contributed by atoms with Crippen molar-refractivity contribution in [2.75, 3.05) is 42.3 Å². The predicted octanol–water partition coefficient (Wildman–Crippen LogP) is 1.20. The van der Waals surface area contributed by atoms with Crippen molar-refractivity contribution in [2.24, 2.45) is 0 Å². The van der Waals surface area contributed by atoms with Crippen LogP contribution in [-0.2, 0) is 19.6 Å². The molecule has 1 N–H and O–H groups in total. The molecular weight excluding hydrogens is 249 g/mol. The monoisotopic (exact) mass is 276 g/mol. The highest BCUT2D eigenvalue weighted by Crippen LogP contribution is 2.27. The number of hydrogen-bond acceptors (Lipinski definition) is 4. The Bertz CT molecular complexity index is 420. The fourth-order valence-corrected chi connectivity index (χ4v) is 2.22. The van der Waals surface area contributed by atoms with E-state index in [1.807, 2.05) is 26.2 Å². The van der Waals surface area contributed by atoms with Crippen LogP contribution < -0.4 is 0 Å². The van der Waals surface area contributed by atoms with Crippen LogP contribution in [0.1, 0.15) is 16.7 Å². The van der Waals surface area contributed by atoms with Crippen molar-refractivity contribution in [1.29, 1.82) is 0 Å². The molecule has 111 valence electrons. The summed E-state index contributed by atoms with van der Waals surface area (Å²) in [4.78, 5) is 6.39. The standard InChI is InChI=1S/C15H27N3O.B/c1-16(2)9-12-7-8-15(19)14(11-18(5)6)13(12)10-17(3)4;/h7-8,19H,9-11H2,1-6H3;.